The van der Waals surface area contributed by atoms with Crippen LogP contribution < -0.4 is 0 Å². The molecule has 1 N–H and O–H groups in total. The molecule has 2 aromatic rings. The Bertz CT molecular complexity index is 520. The second-order valence-corrected chi connectivity index (χ2v) is 3.80. The number of esters is 1. The maximum atomic E-state index is 11.4. The summed E-state index contributed by atoms with van der Waals surface area (Å²) in [6.07, 6.45) is 0.241. The van der Waals surface area contributed by atoms with Gasteiger partial charge >= 0.3 is 5.97 Å². The van der Waals surface area contributed by atoms with Crippen LogP contribution in [0.2, 0.25) is 0 Å². The third-order valence-corrected chi connectivity index (χ3v) is 2.52. The van der Waals surface area contributed by atoms with E-state index < -0.39 is 0 Å². The number of ether oxygens (including phenoxy) is 1. The van der Waals surface area contributed by atoms with Crippen LogP contribution in [0.1, 0.15) is 5.56 Å². The molecule has 0 spiro atoms. The van der Waals surface area contributed by atoms with Gasteiger partial charge in [-0.15, -0.1) is 0 Å². The number of aliphatic hydroxyl groups is 1. The van der Waals surface area contributed by atoms with E-state index in [1.165, 1.54) is 0 Å². The smallest absolute Gasteiger partial charge is 0.310 e. The fourth-order valence-corrected chi connectivity index (χ4v) is 1.73. The highest BCUT2D eigenvalue weighted by Crippen LogP contribution is 2.16. The van der Waals surface area contributed by atoms with Crippen molar-refractivity contribution in [3.63, 3.8) is 0 Å². The lowest BCUT2D eigenvalue weighted by Crippen LogP contribution is -2.10. The molecule has 0 bridgehead atoms. The van der Waals surface area contributed by atoms with Crippen LogP contribution in [-0.4, -0.2) is 24.3 Å². The van der Waals surface area contributed by atoms with E-state index in [1.54, 1.807) is 0 Å². The van der Waals surface area contributed by atoms with E-state index in [9.17, 15) is 4.79 Å². The number of rotatable bonds is 4. The SMILES string of the molecule is O=C(Cc1ccc2ccccc2c1)OCCO. The van der Waals surface area contributed by atoms with Gasteiger partial charge in [0.25, 0.3) is 0 Å². The lowest BCUT2D eigenvalue weighted by Gasteiger charge is -2.04. The number of benzene rings is 2. The molecule has 0 saturated carbocycles. The monoisotopic (exact) mass is 230 g/mol. The van der Waals surface area contributed by atoms with Gasteiger partial charge in [0.05, 0.1) is 13.0 Å². The summed E-state index contributed by atoms with van der Waals surface area (Å²) in [5.41, 5.74) is 0.923. The van der Waals surface area contributed by atoms with E-state index in [4.69, 9.17) is 9.84 Å². The molecule has 3 heteroatoms. The van der Waals surface area contributed by atoms with Crippen molar-refractivity contribution in [3.8, 4) is 0 Å². The lowest BCUT2D eigenvalue weighted by molar-refractivity contribution is -0.143. The maximum Gasteiger partial charge on any atom is 0.310 e. The van der Waals surface area contributed by atoms with Crippen molar-refractivity contribution < 1.29 is 14.6 Å². The molecule has 0 radical (unpaired) electrons. The normalized spacial score (nSPS) is 10.4. The molecule has 0 amide bonds. The largest absolute Gasteiger partial charge is 0.463 e. The van der Waals surface area contributed by atoms with E-state index in [1.807, 2.05) is 42.5 Å². The number of aliphatic hydroxyl groups excluding tert-OH is 1. The Balaban J connectivity index is 2.11. The Kier molecular flexibility index (Phi) is 3.73. The van der Waals surface area contributed by atoms with E-state index in [0.29, 0.717) is 0 Å². The van der Waals surface area contributed by atoms with Gasteiger partial charge in [0.15, 0.2) is 0 Å². The van der Waals surface area contributed by atoms with Crippen LogP contribution in [0.3, 0.4) is 0 Å². The summed E-state index contributed by atoms with van der Waals surface area (Å²) in [7, 11) is 0. The third-order valence-electron chi connectivity index (χ3n) is 2.52. The van der Waals surface area contributed by atoms with Gasteiger partial charge in [0, 0.05) is 0 Å². The van der Waals surface area contributed by atoms with Crippen molar-refractivity contribution in [1.29, 1.82) is 0 Å². The van der Waals surface area contributed by atoms with Crippen molar-refractivity contribution in [3.05, 3.63) is 48.0 Å². The van der Waals surface area contributed by atoms with Crippen LogP contribution in [0, 0.1) is 0 Å². The van der Waals surface area contributed by atoms with Gasteiger partial charge in [-0.25, -0.2) is 0 Å². The van der Waals surface area contributed by atoms with Gasteiger partial charge in [-0.3, -0.25) is 4.79 Å². The topological polar surface area (TPSA) is 46.5 Å². The van der Waals surface area contributed by atoms with Crippen LogP contribution >= 0.6 is 0 Å². The van der Waals surface area contributed by atoms with E-state index in [-0.39, 0.29) is 25.6 Å². The third kappa shape index (κ3) is 3.04. The van der Waals surface area contributed by atoms with E-state index >= 15 is 0 Å². The number of carbonyl (C=O) groups excluding carboxylic acids is 1. The first kappa shape index (κ1) is 11.6. The van der Waals surface area contributed by atoms with E-state index in [0.717, 1.165) is 16.3 Å². The summed E-state index contributed by atoms with van der Waals surface area (Å²) < 4.78 is 4.82. The van der Waals surface area contributed by atoms with Crippen molar-refractivity contribution in [2.24, 2.45) is 0 Å². The van der Waals surface area contributed by atoms with Crippen molar-refractivity contribution >= 4 is 16.7 Å². The molecule has 0 saturated heterocycles. The molecule has 2 rings (SSSR count). The van der Waals surface area contributed by atoms with Crippen LogP contribution in [-0.2, 0) is 16.0 Å². The summed E-state index contributed by atoms with van der Waals surface area (Å²) in [5.74, 6) is -0.311. The summed E-state index contributed by atoms with van der Waals surface area (Å²) in [6.45, 7) is -0.0735. The quantitative estimate of drug-likeness (QED) is 0.816. The molecular weight excluding hydrogens is 216 g/mol. The molecule has 0 aromatic heterocycles. The summed E-state index contributed by atoms with van der Waals surface area (Å²) in [5, 5.41) is 10.8. The molecule has 88 valence electrons. The molecule has 0 aliphatic carbocycles. The first-order valence-corrected chi connectivity index (χ1v) is 5.54. The van der Waals surface area contributed by atoms with Crippen LogP contribution in [0.15, 0.2) is 42.5 Å². The predicted octanol–water partition coefficient (Wildman–Crippen LogP) is 1.92. The molecule has 0 aliphatic rings. The highest BCUT2D eigenvalue weighted by Gasteiger charge is 2.04. The minimum Gasteiger partial charge on any atom is -0.463 e. The number of hydrogen-bond acceptors (Lipinski definition) is 3. The summed E-state index contributed by atoms with van der Waals surface area (Å²) >= 11 is 0. The molecule has 0 aliphatic heterocycles. The summed E-state index contributed by atoms with van der Waals surface area (Å²) in [4.78, 5) is 11.4. The zero-order valence-electron chi connectivity index (χ0n) is 9.43. The number of fused-ring (bicyclic) bond motifs is 1. The zero-order chi connectivity index (χ0) is 12.1. The Hall–Kier alpha value is -1.87. The Labute approximate surface area is 99.6 Å². The molecule has 0 atom stereocenters. The second-order valence-electron chi connectivity index (χ2n) is 3.80. The Morgan fingerprint density at radius 2 is 1.88 bits per heavy atom. The first-order valence-electron chi connectivity index (χ1n) is 5.54. The lowest BCUT2D eigenvalue weighted by atomic mass is 10.1. The molecule has 0 heterocycles. The van der Waals surface area contributed by atoms with Crippen LogP contribution in [0.25, 0.3) is 10.8 Å². The average Bonchev–Trinajstić information content (AvgIpc) is 2.36. The second kappa shape index (κ2) is 5.46. The Morgan fingerprint density at radius 1 is 1.12 bits per heavy atom. The zero-order valence-corrected chi connectivity index (χ0v) is 9.43. The molecule has 0 unspecified atom stereocenters. The van der Waals surface area contributed by atoms with Crippen molar-refractivity contribution in [2.45, 2.75) is 6.42 Å². The highest BCUT2D eigenvalue weighted by molar-refractivity contribution is 5.84. The van der Waals surface area contributed by atoms with Gasteiger partial charge in [0.2, 0.25) is 0 Å². The van der Waals surface area contributed by atoms with Crippen LogP contribution in [0.4, 0.5) is 0 Å². The fourth-order valence-electron chi connectivity index (χ4n) is 1.73. The van der Waals surface area contributed by atoms with Gasteiger partial charge in [-0.05, 0) is 16.3 Å². The number of carbonyl (C=O) groups is 1. The van der Waals surface area contributed by atoms with Gasteiger partial charge in [-0.2, -0.15) is 0 Å². The van der Waals surface area contributed by atoms with Gasteiger partial charge < -0.3 is 9.84 Å². The maximum absolute atomic E-state index is 11.4. The van der Waals surface area contributed by atoms with Crippen LogP contribution in [0.5, 0.6) is 0 Å². The minimum absolute atomic E-state index is 0.0619. The standard InChI is InChI=1S/C14H14O3/c15-7-8-17-14(16)10-11-5-6-12-3-1-2-4-13(12)9-11/h1-6,9,15H,7-8,10H2. The summed E-state index contributed by atoms with van der Waals surface area (Å²) in [6, 6.07) is 13.9. The minimum atomic E-state index is -0.311. The molecule has 3 nitrogen and oxygen atoms in total. The molecule has 0 fully saturated rings. The Morgan fingerprint density at radius 3 is 2.65 bits per heavy atom. The average molecular weight is 230 g/mol. The van der Waals surface area contributed by atoms with Crippen molar-refractivity contribution in [1.82, 2.24) is 0 Å². The molecule has 2 aromatic carbocycles. The fraction of sp³-hybridized carbons (Fsp3) is 0.214. The number of hydrogen-bond donors (Lipinski definition) is 1. The first-order chi connectivity index (χ1) is 8.29. The van der Waals surface area contributed by atoms with Crippen molar-refractivity contribution in [2.75, 3.05) is 13.2 Å². The van der Waals surface area contributed by atoms with Gasteiger partial charge in [-0.1, -0.05) is 42.5 Å². The van der Waals surface area contributed by atoms with E-state index in [2.05, 4.69) is 0 Å². The molecule has 17 heavy (non-hydrogen) atoms. The van der Waals surface area contributed by atoms with Gasteiger partial charge in [0.1, 0.15) is 6.61 Å². The predicted molar refractivity (Wildman–Crippen MR) is 65.7 cm³/mol. The highest BCUT2D eigenvalue weighted by atomic mass is 16.5. The molecular formula is C14H14O3.